The van der Waals surface area contributed by atoms with Crippen molar-refractivity contribution in [2.45, 2.75) is 52.6 Å². The second kappa shape index (κ2) is 7.08. The molecule has 0 heterocycles. The lowest BCUT2D eigenvalue weighted by molar-refractivity contribution is -0.122. The van der Waals surface area contributed by atoms with Crippen LogP contribution in [0, 0.1) is 13.8 Å². The number of carbonyl (C=O) groups is 1. The van der Waals surface area contributed by atoms with Crippen LogP contribution in [0.2, 0.25) is 0 Å². The second-order valence-corrected chi connectivity index (χ2v) is 6.67. The van der Waals surface area contributed by atoms with E-state index in [1.807, 2.05) is 38.1 Å². The molecule has 0 radical (unpaired) electrons. The lowest BCUT2D eigenvalue weighted by Gasteiger charge is -2.22. The Labute approximate surface area is 144 Å². The molecule has 0 spiro atoms. The first-order valence-corrected chi connectivity index (χ1v) is 8.70. The van der Waals surface area contributed by atoms with Crippen molar-refractivity contribution in [2.75, 3.05) is 5.32 Å². The van der Waals surface area contributed by atoms with Gasteiger partial charge >= 0.3 is 0 Å². The van der Waals surface area contributed by atoms with Gasteiger partial charge in [-0.05, 0) is 75.3 Å². The van der Waals surface area contributed by atoms with Crippen molar-refractivity contribution in [3.05, 3.63) is 58.7 Å². The number of rotatable bonds is 4. The summed E-state index contributed by atoms with van der Waals surface area (Å²) in [6.07, 6.45) is 4.04. The van der Waals surface area contributed by atoms with E-state index in [4.69, 9.17) is 4.74 Å². The maximum Gasteiger partial charge on any atom is 0.265 e. The molecule has 2 aromatic carbocycles. The molecule has 3 rings (SSSR count). The van der Waals surface area contributed by atoms with Gasteiger partial charge in [0, 0.05) is 5.69 Å². The van der Waals surface area contributed by atoms with E-state index in [1.165, 1.54) is 29.5 Å². The molecule has 0 saturated carbocycles. The first kappa shape index (κ1) is 16.6. The van der Waals surface area contributed by atoms with Crippen molar-refractivity contribution in [2.24, 2.45) is 0 Å². The summed E-state index contributed by atoms with van der Waals surface area (Å²) < 4.78 is 6.00. The third kappa shape index (κ3) is 3.61. The third-order valence-electron chi connectivity index (χ3n) is 4.67. The molecule has 0 saturated heterocycles. The Hall–Kier alpha value is -2.29. The van der Waals surface area contributed by atoms with Crippen molar-refractivity contribution in [1.29, 1.82) is 0 Å². The van der Waals surface area contributed by atoms with Crippen LogP contribution in [0.25, 0.3) is 0 Å². The molecule has 1 aliphatic carbocycles. The van der Waals surface area contributed by atoms with Gasteiger partial charge in [0.15, 0.2) is 6.10 Å². The van der Waals surface area contributed by atoms with E-state index in [-0.39, 0.29) is 5.91 Å². The quantitative estimate of drug-likeness (QED) is 0.894. The fourth-order valence-electron chi connectivity index (χ4n) is 3.29. The molecule has 0 fully saturated rings. The van der Waals surface area contributed by atoms with E-state index in [1.54, 1.807) is 6.92 Å². The zero-order valence-electron chi connectivity index (χ0n) is 14.7. The fraction of sp³-hybridized carbons (Fsp3) is 0.381. The minimum Gasteiger partial charge on any atom is -0.481 e. The molecule has 3 nitrogen and oxygen atoms in total. The van der Waals surface area contributed by atoms with Gasteiger partial charge in [-0.15, -0.1) is 0 Å². The van der Waals surface area contributed by atoms with Crippen LogP contribution < -0.4 is 10.1 Å². The average Bonchev–Trinajstić information content (AvgIpc) is 2.57. The van der Waals surface area contributed by atoms with Gasteiger partial charge in [0.2, 0.25) is 0 Å². The van der Waals surface area contributed by atoms with Crippen molar-refractivity contribution < 1.29 is 9.53 Å². The van der Waals surface area contributed by atoms with Crippen molar-refractivity contribution >= 4 is 11.6 Å². The summed E-state index contributed by atoms with van der Waals surface area (Å²) in [7, 11) is 0. The molecule has 1 atom stereocenters. The van der Waals surface area contributed by atoms with Crippen molar-refractivity contribution in [3.8, 4) is 5.75 Å². The number of fused-ring (bicyclic) bond motifs is 1. The number of aryl methyl sites for hydroxylation is 3. The Morgan fingerprint density at radius 1 is 1.12 bits per heavy atom. The molecule has 24 heavy (non-hydrogen) atoms. The number of amides is 1. The number of ether oxygens (including phenoxy) is 1. The number of hydrogen-bond acceptors (Lipinski definition) is 2. The first-order chi connectivity index (χ1) is 11.5. The van der Waals surface area contributed by atoms with E-state index in [0.717, 1.165) is 29.8 Å². The Kier molecular flexibility index (Phi) is 4.89. The van der Waals surface area contributed by atoms with Crippen molar-refractivity contribution in [1.82, 2.24) is 0 Å². The van der Waals surface area contributed by atoms with E-state index in [2.05, 4.69) is 17.4 Å². The van der Waals surface area contributed by atoms with E-state index >= 15 is 0 Å². The zero-order chi connectivity index (χ0) is 17.1. The number of anilines is 1. The minimum atomic E-state index is -0.529. The second-order valence-electron chi connectivity index (χ2n) is 6.67. The van der Waals surface area contributed by atoms with Crippen LogP contribution in [0.1, 0.15) is 42.0 Å². The highest BCUT2D eigenvalue weighted by molar-refractivity contribution is 5.94. The molecule has 0 aliphatic heterocycles. The lowest BCUT2D eigenvalue weighted by atomic mass is 9.91. The highest BCUT2D eigenvalue weighted by Gasteiger charge is 2.19. The van der Waals surface area contributed by atoms with Crippen molar-refractivity contribution in [3.63, 3.8) is 0 Å². The standard InChI is InChI=1S/C21H25NO2/c1-14-11-12-19(15(2)13-14)22-21(23)16(3)24-20-10-6-8-17-7-4-5-9-18(17)20/h6,8,10-13,16H,4-5,7,9H2,1-3H3,(H,22,23)/t16-/m1/s1. The predicted octanol–water partition coefficient (Wildman–Crippen LogP) is 4.59. The summed E-state index contributed by atoms with van der Waals surface area (Å²) in [4.78, 5) is 12.5. The maximum absolute atomic E-state index is 12.5. The van der Waals surface area contributed by atoms with E-state index < -0.39 is 6.10 Å². The molecule has 1 amide bonds. The Morgan fingerprint density at radius 3 is 2.71 bits per heavy atom. The van der Waals surface area contributed by atoms with Crippen LogP contribution in [0.4, 0.5) is 5.69 Å². The monoisotopic (exact) mass is 323 g/mol. The molecule has 0 unspecified atom stereocenters. The van der Waals surface area contributed by atoms with Gasteiger partial charge in [0.05, 0.1) is 0 Å². The van der Waals surface area contributed by atoms with Gasteiger partial charge in [-0.3, -0.25) is 4.79 Å². The van der Waals surface area contributed by atoms with Gasteiger partial charge in [-0.25, -0.2) is 0 Å². The highest BCUT2D eigenvalue weighted by Crippen LogP contribution is 2.30. The fourth-order valence-corrected chi connectivity index (χ4v) is 3.29. The summed E-state index contributed by atoms with van der Waals surface area (Å²) >= 11 is 0. The van der Waals surface area contributed by atoms with Crippen LogP contribution in [-0.4, -0.2) is 12.0 Å². The van der Waals surface area contributed by atoms with Gasteiger partial charge in [0.25, 0.3) is 5.91 Å². The average molecular weight is 323 g/mol. The van der Waals surface area contributed by atoms with Gasteiger partial charge in [-0.2, -0.15) is 0 Å². The summed E-state index contributed by atoms with van der Waals surface area (Å²) in [6, 6.07) is 12.2. The number of benzene rings is 2. The largest absolute Gasteiger partial charge is 0.481 e. The first-order valence-electron chi connectivity index (χ1n) is 8.70. The molecule has 1 N–H and O–H groups in total. The summed E-state index contributed by atoms with van der Waals surface area (Å²) in [5, 5.41) is 2.97. The van der Waals surface area contributed by atoms with E-state index in [9.17, 15) is 4.79 Å². The maximum atomic E-state index is 12.5. The SMILES string of the molecule is Cc1ccc(NC(=O)[C@@H](C)Oc2cccc3c2CCCC3)c(C)c1. The number of nitrogens with one attached hydrogen (secondary N) is 1. The smallest absolute Gasteiger partial charge is 0.265 e. The van der Waals surface area contributed by atoms with Gasteiger partial charge < -0.3 is 10.1 Å². The predicted molar refractivity (Wildman–Crippen MR) is 97.7 cm³/mol. The number of hydrogen-bond donors (Lipinski definition) is 1. The molecular formula is C21H25NO2. The molecule has 2 aromatic rings. The van der Waals surface area contributed by atoms with E-state index in [0.29, 0.717) is 0 Å². The summed E-state index contributed by atoms with van der Waals surface area (Å²) in [6.45, 7) is 5.85. The highest BCUT2D eigenvalue weighted by atomic mass is 16.5. The zero-order valence-corrected chi connectivity index (χ0v) is 14.7. The molecule has 3 heteroatoms. The molecular weight excluding hydrogens is 298 g/mol. The molecule has 0 bridgehead atoms. The van der Waals surface area contributed by atoms with Gasteiger partial charge in [0.1, 0.15) is 5.75 Å². The van der Waals surface area contributed by atoms with Crippen LogP contribution in [0.3, 0.4) is 0 Å². The summed E-state index contributed by atoms with van der Waals surface area (Å²) in [5.74, 6) is 0.742. The van der Waals surface area contributed by atoms with Crippen LogP contribution in [0.15, 0.2) is 36.4 Å². The molecule has 126 valence electrons. The number of carbonyl (C=O) groups excluding carboxylic acids is 1. The normalized spacial score (nSPS) is 14.6. The summed E-state index contributed by atoms with van der Waals surface area (Å²) in [5.41, 5.74) is 5.73. The van der Waals surface area contributed by atoms with Gasteiger partial charge in [-0.1, -0.05) is 29.8 Å². The molecule has 1 aliphatic rings. The van der Waals surface area contributed by atoms with Crippen LogP contribution >= 0.6 is 0 Å². The topological polar surface area (TPSA) is 38.3 Å². The lowest BCUT2D eigenvalue weighted by Crippen LogP contribution is -2.30. The van der Waals surface area contributed by atoms with Crippen LogP contribution in [-0.2, 0) is 17.6 Å². The Balaban J connectivity index is 1.71. The minimum absolute atomic E-state index is 0.115. The molecule has 0 aromatic heterocycles. The Morgan fingerprint density at radius 2 is 1.92 bits per heavy atom. The van der Waals surface area contributed by atoms with Crippen LogP contribution in [0.5, 0.6) is 5.75 Å². The third-order valence-corrected chi connectivity index (χ3v) is 4.67. The Bertz CT molecular complexity index is 751.